The molecule has 3 nitrogen and oxygen atoms in total. The van der Waals surface area contributed by atoms with Crippen LogP contribution in [0, 0.1) is 17.2 Å². The predicted molar refractivity (Wildman–Crippen MR) is 53.7 cm³/mol. The number of rotatable bonds is 2. The van der Waals surface area contributed by atoms with E-state index < -0.39 is 0 Å². The van der Waals surface area contributed by atoms with Crippen molar-refractivity contribution in [1.29, 1.82) is 5.26 Å². The first-order valence-corrected chi connectivity index (χ1v) is 5.03. The zero-order valence-electron chi connectivity index (χ0n) is 8.62. The molecule has 0 aromatic heterocycles. The molecule has 2 unspecified atom stereocenters. The van der Waals surface area contributed by atoms with E-state index in [9.17, 15) is 0 Å². The summed E-state index contributed by atoms with van der Waals surface area (Å²) < 4.78 is 5.28. The molecular weight excluding hydrogens is 176 g/mol. The largest absolute Gasteiger partial charge is 0.383 e. The maximum atomic E-state index is 9.13. The van der Waals surface area contributed by atoms with E-state index in [1.807, 2.05) is 0 Å². The van der Waals surface area contributed by atoms with E-state index in [-0.39, 0.29) is 11.5 Å². The third kappa shape index (κ3) is 1.18. The summed E-state index contributed by atoms with van der Waals surface area (Å²) in [5.41, 5.74) is 1.18. The predicted octanol–water partition coefficient (Wildman–Crippen LogP) is 1.18. The average molecular weight is 192 g/mol. The zero-order valence-corrected chi connectivity index (χ0v) is 8.62. The first kappa shape index (κ1) is 9.70. The molecule has 14 heavy (non-hydrogen) atoms. The van der Waals surface area contributed by atoms with E-state index >= 15 is 0 Å². The summed E-state index contributed by atoms with van der Waals surface area (Å²) in [6.07, 6.45) is 1.91. The minimum absolute atomic E-state index is 0.0550. The molecule has 0 aromatic carbocycles. The van der Waals surface area contributed by atoms with Crippen molar-refractivity contribution in [1.82, 2.24) is 4.90 Å². The van der Waals surface area contributed by atoms with Gasteiger partial charge in [-0.1, -0.05) is 12.2 Å². The van der Waals surface area contributed by atoms with E-state index in [4.69, 9.17) is 10.00 Å². The number of hydrogen-bond acceptors (Lipinski definition) is 3. The molecule has 2 atom stereocenters. The van der Waals surface area contributed by atoms with Crippen molar-refractivity contribution < 1.29 is 4.74 Å². The molecule has 0 amide bonds. The standard InChI is InChI=1S/C11H16N2O/c1-9-5-11(8-14-2)10(6-12)3-4-13(11)7-9/h10H,1,3-5,7-8H2,2H3. The monoisotopic (exact) mass is 192 g/mol. The van der Waals surface area contributed by atoms with Crippen LogP contribution in [0.2, 0.25) is 0 Å². The van der Waals surface area contributed by atoms with Gasteiger partial charge < -0.3 is 4.74 Å². The Balaban J connectivity index is 2.28. The second-order valence-electron chi connectivity index (χ2n) is 4.36. The fourth-order valence-electron chi connectivity index (χ4n) is 2.90. The van der Waals surface area contributed by atoms with Gasteiger partial charge in [-0.3, -0.25) is 4.90 Å². The summed E-state index contributed by atoms with van der Waals surface area (Å²) in [6, 6.07) is 2.42. The Morgan fingerprint density at radius 1 is 1.79 bits per heavy atom. The molecule has 2 rings (SSSR count). The fraction of sp³-hybridized carbons (Fsp3) is 0.727. The van der Waals surface area contributed by atoms with Gasteiger partial charge in [0, 0.05) is 20.2 Å². The van der Waals surface area contributed by atoms with E-state index in [0.29, 0.717) is 6.61 Å². The molecular formula is C11H16N2O. The molecule has 0 N–H and O–H groups in total. The quantitative estimate of drug-likeness (QED) is 0.616. The Morgan fingerprint density at radius 3 is 3.21 bits per heavy atom. The van der Waals surface area contributed by atoms with Crippen LogP contribution in [0.5, 0.6) is 0 Å². The van der Waals surface area contributed by atoms with Crippen LogP contribution in [0.25, 0.3) is 0 Å². The average Bonchev–Trinajstić information content (AvgIpc) is 2.59. The molecule has 0 saturated carbocycles. The second-order valence-corrected chi connectivity index (χ2v) is 4.36. The maximum absolute atomic E-state index is 9.13. The van der Waals surface area contributed by atoms with Crippen LogP contribution in [0.4, 0.5) is 0 Å². The Morgan fingerprint density at radius 2 is 2.57 bits per heavy atom. The van der Waals surface area contributed by atoms with Gasteiger partial charge in [0.1, 0.15) is 0 Å². The Labute approximate surface area is 85.0 Å². The highest BCUT2D eigenvalue weighted by Gasteiger charge is 2.52. The van der Waals surface area contributed by atoms with Crippen molar-refractivity contribution in [3.8, 4) is 6.07 Å². The lowest BCUT2D eigenvalue weighted by molar-refractivity contribution is 0.0510. The molecule has 3 heteroatoms. The van der Waals surface area contributed by atoms with Gasteiger partial charge in [-0.25, -0.2) is 0 Å². The van der Waals surface area contributed by atoms with Crippen LogP contribution < -0.4 is 0 Å². The first-order valence-electron chi connectivity index (χ1n) is 5.03. The number of ether oxygens (including phenoxy) is 1. The van der Waals surface area contributed by atoms with Gasteiger partial charge in [-0.2, -0.15) is 5.26 Å². The van der Waals surface area contributed by atoms with E-state index in [1.54, 1.807) is 7.11 Å². The van der Waals surface area contributed by atoms with Gasteiger partial charge in [-0.15, -0.1) is 0 Å². The SMILES string of the molecule is C=C1CN2CCC(C#N)C2(COC)C1. The number of methoxy groups -OCH3 is 1. The van der Waals surface area contributed by atoms with Gasteiger partial charge in [0.25, 0.3) is 0 Å². The molecule has 0 radical (unpaired) electrons. The molecule has 76 valence electrons. The normalized spacial score (nSPS) is 37.1. The van der Waals surface area contributed by atoms with E-state index in [2.05, 4.69) is 17.5 Å². The minimum Gasteiger partial charge on any atom is -0.383 e. The highest BCUT2D eigenvalue weighted by atomic mass is 16.5. The molecule has 2 aliphatic rings. The Bertz CT molecular complexity index is 294. The lowest BCUT2D eigenvalue weighted by atomic mass is 9.84. The molecule has 0 aliphatic carbocycles. The van der Waals surface area contributed by atoms with Gasteiger partial charge in [0.15, 0.2) is 0 Å². The lowest BCUT2D eigenvalue weighted by Crippen LogP contribution is -2.46. The lowest BCUT2D eigenvalue weighted by Gasteiger charge is -2.33. The molecule has 0 aromatic rings. The molecule has 2 fully saturated rings. The second kappa shape index (κ2) is 3.38. The Hall–Kier alpha value is -0.850. The van der Waals surface area contributed by atoms with Crippen molar-refractivity contribution in [3.05, 3.63) is 12.2 Å². The maximum Gasteiger partial charge on any atom is 0.0685 e. The van der Waals surface area contributed by atoms with E-state index in [0.717, 1.165) is 25.9 Å². The smallest absolute Gasteiger partial charge is 0.0685 e. The molecule has 0 spiro atoms. The van der Waals surface area contributed by atoms with Gasteiger partial charge in [-0.05, 0) is 12.8 Å². The van der Waals surface area contributed by atoms with Gasteiger partial charge in [0.2, 0.25) is 0 Å². The summed E-state index contributed by atoms with van der Waals surface area (Å²) >= 11 is 0. The summed E-state index contributed by atoms with van der Waals surface area (Å²) in [5, 5.41) is 9.13. The highest BCUT2D eigenvalue weighted by molar-refractivity contribution is 5.23. The van der Waals surface area contributed by atoms with Crippen molar-refractivity contribution in [2.24, 2.45) is 5.92 Å². The Kier molecular flexibility index (Phi) is 2.34. The first-order chi connectivity index (χ1) is 6.73. The van der Waals surface area contributed by atoms with Crippen LogP contribution in [0.15, 0.2) is 12.2 Å². The van der Waals surface area contributed by atoms with Crippen molar-refractivity contribution >= 4 is 0 Å². The summed E-state index contributed by atoms with van der Waals surface area (Å²) in [7, 11) is 1.71. The number of fused-ring (bicyclic) bond motifs is 1. The minimum atomic E-state index is -0.0550. The van der Waals surface area contributed by atoms with Gasteiger partial charge in [0.05, 0.1) is 24.1 Å². The van der Waals surface area contributed by atoms with Crippen LogP contribution in [0.1, 0.15) is 12.8 Å². The summed E-state index contributed by atoms with van der Waals surface area (Å²) in [6.45, 7) is 6.64. The topological polar surface area (TPSA) is 36.3 Å². The third-order valence-electron chi connectivity index (χ3n) is 3.49. The summed E-state index contributed by atoms with van der Waals surface area (Å²) in [5.74, 6) is 0.113. The van der Waals surface area contributed by atoms with Crippen molar-refractivity contribution in [3.63, 3.8) is 0 Å². The van der Waals surface area contributed by atoms with E-state index in [1.165, 1.54) is 5.57 Å². The van der Waals surface area contributed by atoms with Crippen LogP contribution in [-0.2, 0) is 4.74 Å². The van der Waals surface area contributed by atoms with Crippen molar-refractivity contribution in [2.45, 2.75) is 18.4 Å². The molecule has 2 aliphatic heterocycles. The summed E-state index contributed by atoms with van der Waals surface area (Å²) in [4.78, 5) is 2.37. The van der Waals surface area contributed by atoms with Crippen LogP contribution in [0.3, 0.4) is 0 Å². The van der Waals surface area contributed by atoms with Crippen LogP contribution in [-0.4, -0.2) is 37.2 Å². The number of nitrogens with zero attached hydrogens (tertiary/aromatic N) is 2. The molecule has 0 bridgehead atoms. The number of hydrogen-bond donors (Lipinski definition) is 0. The zero-order chi connectivity index (χ0) is 10.2. The fourth-order valence-corrected chi connectivity index (χ4v) is 2.90. The molecule has 2 heterocycles. The van der Waals surface area contributed by atoms with Crippen LogP contribution >= 0.6 is 0 Å². The van der Waals surface area contributed by atoms with Crippen molar-refractivity contribution in [2.75, 3.05) is 26.8 Å². The third-order valence-corrected chi connectivity index (χ3v) is 3.49. The number of nitriles is 1. The molecule has 2 saturated heterocycles. The highest BCUT2D eigenvalue weighted by Crippen LogP contribution is 2.44. The van der Waals surface area contributed by atoms with Gasteiger partial charge >= 0.3 is 0 Å².